The van der Waals surface area contributed by atoms with Crippen molar-refractivity contribution in [2.45, 2.75) is 51.7 Å². The van der Waals surface area contributed by atoms with Gasteiger partial charge in [-0.1, -0.05) is 5.16 Å². The smallest absolute Gasteiger partial charge is 0.220 e. The minimum atomic E-state index is 0.0739. The molecule has 1 spiro atoms. The van der Waals surface area contributed by atoms with E-state index >= 15 is 0 Å². The number of piperidine rings is 1. The first-order valence-corrected chi connectivity index (χ1v) is 12.8. The molecule has 0 unspecified atom stereocenters. The molecule has 0 bridgehead atoms. The molecule has 0 aromatic carbocycles. The first kappa shape index (κ1) is 23.7. The number of aromatic nitrogens is 5. The molecule has 194 valence electrons. The Morgan fingerprint density at radius 2 is 2.11 bits per heavy atom. The van der Waals surface area contributed by atoms with E-state index < -0.39 is 0 Å². The summed E-state index contributed by atoms with van der Waals surface area (Å²) in [5, 5.41) is 11.6. The van der Waals surface area contributed by atoms with Gasteiger partial charge in [0.1, 0.15) is 11.5 Å². The van der Waals surface area contributed by atoms with Gasteiger partial charge in [0, 0.05) is 31.1 Å². The summed E-state index contributed by atoms with van der Waals surface area (Å²) in [4.78, 5) is 22.5. The molecule has 3 N–H and O–H groups in total. The molecule has 0 radical (unpaired) electrons. The summed E-state index contributed by atoms with van der Waals surface area (Å²) in [6, 6.07) is 4.00. The molecule has 3 aromatic rings. The van der Waals surface area contributed by atoms with Crippen molar-refractivity contribution in [2.24, 2.45) is 21.1 Å². The lowest BCUT2D eigenvalue weighted by Crippen LogP contribution is -2.51. The van der Waals surface area contributed by atoms with Gasteiger partial charge in [-0.2, -0.15) is 10.1 Å². The van der Waals surface area contributed by atoms with E-state index in [1.165, 1.54) is 6.39 Å². The molecule has 37 heavy (non-hydrogen) atoms. The summed E-state index contributed by atoms with van der Waals surface area (Å²) in [7, 11) is 0. The fourth-order valence-electron chi connectivity index (χ4n) is 5.79. The standard InChI is InChI=1S/C25H32N10O2/c1-15-21(26)25(13-36-15)8-11-34(12-9-25)16(2)29-23-20(27-3)24(32-31-23)35-10-4-5-17-19(35)7-6-18(30-17)22-28-14-37-33-22/h6-7,14-15,21H,3-5,8-13,26H2,1-2H3,(H,31,32)/b29-16+/t15-,21+/m0/s1. The summed E-state index contributed by atoms with van der Waals surface area (Å²) in [5.41, 5.74) is 9.81. The second kappa shape index (κ2) is 9.34. The molecule has 0 saturated carbocycles. The van der Waals surface area contributed by atoms with Crippen LogP contribution < -0.4 is 10.6 Å². The predicted molar refractivity (Wildman–Crippen MR) is 140 cm³/mol. The maximum atomic E-state index is 6.49. The van der Waals surface area contributed by atoms with Crippen molar-refractivity contribution in [3.63, 3.8) is 0 Å². The van der Waals surface area contributed by atoms with Gasteiger partial charge >= 0.3 is 0 Å². The normalized spacial score (nSPS) is 23.5. The van der Waals surface area contributed by atoms with E-state index in [1.807, 2.05) is 19.1 Å². The first-order valence-electron chi connectivity index (χ1n) is 12.8. The maximum absolute atomic E-state index is 6.49. The van der Waals surface area contributed by atoms with Crippen molar-refractivity contribution >= 4 is 35.6 Å². The van der Waals surface area contributed by atoms with Crippen molar-refractivity contribution in [3.05, 3.63) is 24.2 Å². The first-order chi connectivity index (χ1) is 18.0. The summed E-state index contributed by atoms with van der Waals surface area (Å²) >= 11 is 0. The number of H-pyrrole nitrogens is 1. The number of rotatable bonds is 4. The molecule has 12 nitrogen and oxygen atoms in total. The zero-order valence-electron chi connectivity index (χ0n) is 21.2. The molecule has 2 saturated heterocycles. The van der Waals surface area contributed by atoms with Crippen LogP contribution in [0.4, 0.5) is 23.0 Å². The molecule has 12 heteroatoms. The number of hydrogen-bond acceptors (Lipinski definition) is 10. The highest BCUT2D eigenvalue weighted by Crippen LogP contribution is 2.43. The van der Waals surface area contributed by atoms with Crippen LogP contribution in [0.15, 0.2) is 33.0 Å². The Bertz CT molecular complexity index is 1310. The van der Waals surface area contributed by atoms with Gasteiger partial charge in [0.05, 0.1) is 24.1 Å². The quantitative estimate of drug-likeness (QED) is 0.404. The third-order valence-electron chi connectivity index (χ3n) is 8.08. The lowest BCUT2D eigenvalue weighted by molar-refractivity contribution is 0.0838. The molecule has 3 aromatic heterocycles. The Labute approximate surface area is 215 Å². The van der Waals surface area contributed by atoms with Crippen LogP contribution >= 0.6 is 0 Å². The number of hydrogen-bond donors (Lipinski definition) is 2. The third kappa shape index (κ3) is 4.09. The summed E-state index contributed by atoms with van der Waals surface area (Å²) in [5.74, 6) is 2.68. The highest BCUT2D eigenvalue weighted by molar-refractivity contribution is 5.87. The lowest BCUT2D eigenvalue weighted by atomic mass is 9.73. The number of ether oxygens (including phenoxy) is 1. The van der Waals surface area contributed by atoms with Crippen molar-refractivity contribution in [3.8, 4) is 11.5 Å². The van der Waals surface area contributed by atoms with Crippen LogP contribution in [-0.4, -0.2) is 81.2 Å². The Morgan fingerprint density at radius 3 is 2.81 bits per heavy atom. The van der Waals surface area contributed by atoms with Crippen molar-refractivity contribution in [1.82, 2.24) is 30.2 Å². The molecule has 6 heterocycles. The fourth-order valence-corrected chi connectivity index (χ4v) is 5.79. The molecular weight excluding hydrogens is 472 g/mol. The summed E-state index contributed by atoms with van der Waals surface area (Å²) in [6.45, 7) is 11.2. The molecule has 3 aliphatic heterocycles. The van der Waals surface area contributed by atoms with Crippen LogP contribution in [-0.2, 0) is 11.2 Å². The minimum absolute atomic E-state index is 0.0739. The summed E-state index contributed by atoms with van der Waals surface area (Å²) < 4.78 is 10.7. The van der Waals surface area contributed by atoms with Crippen LogP contribution in [0.3, 0.4) is 0 Å². The van der Waals surface area contributed by atoms with Crippen LogP contribution in [0.1, 0.15) is 38.8 Å². The summed E-state index contributed by atoms with van der Waals surface area (Å²) in [6.07, 6.45) is 5.19. The number of aromatic amines is 1. The van der Waals surface area contributed by atoms with E-state index in [4.69, 9.17) is 25.0 Å². The SMILES string of the molecule is C=Nc1c(N2CCCc3nc(-c4ncon4)ccc32)n[nH]c1/N=C(\C)N1CCC2(CC1)CO[C@@H](C)[C@H]2N. The van der Waals surface area contributed by atoms with Gasteiger partial charge in [0.15, 0.2) is 17.3 Å². The lowest BCUT2D eigenvalue weighted by Gasteiger charge is -2.41. The number of nitrogens with two attached hydrogens (primary N) is 1. The maximum Gasteiger partial charge on any atom is 0.220 e. The van der Waals surface area contributed by atoms with E-state index in [0.29, 0.717) is 28.8 Å². The minimum Gasteiger partial charge on any atom is -0.376 e. The van der Waals surface area contributed by atoms with E-state index in [0.717, 1.165) is 69.1 Å². The molecule has 2 fully saturated rings. The number of amidine groups is 1. The monoisotopic (exact) mass is 504 g/mol. The van der Waals surface area contributed by atoms with E-state index in [1.54, 1.807) is 0 Å². The van der Waals surface area contributed by atoms with Gasteiger partial charge < -0.3 is 24.8 Å². The fraction of sp³-hybridized carbons (Fsp3) is 0.520. The highest BCUT2D eigenvalue weighted by atomic mass is 16.5. The number of pyridine rings is 1. The molecule has 6 rings (SSSR count). The Morgan fingerprint density at radius 1 is 1.27 bits per heavy atom. The van der Waals surface area contributed by atoms with Gasteiger partial charge in [0.25, 0.3) is 0 Å². The highest BCUT2D eigenvalue weighted by Gasteiger charge is 2.47. The second-order valence-corrected chi connectivity index (χ2v) is 10.1. The molecular formula is C25H32N10O2. The number of aryl methyl sites for hydroxylation is 1. The van der Waals surface area contributed by atoms with Gasteiger partial charge in [-0.3, -0.25) is 10.1 Å². The van der Waals surface area contributed by atoms with Crippen LogP contribution in [0.5, 0.6) is 0 Å². The van der Waals surface area contributed by atoms with Crippen LogP contribution in [0.25, 0.3) is 11.5 Å². The number of fused-ring (bicyclic) bond motifs is 1. The van der Waals surface area contributed by atoms with Gasteiger partial charge in [-0.25, -0.2) is 9.98 Å². The van der Waals surface area contributed by atoms with Crippen molar-refractivity contribution < 1.29 is 9.26 Å². The van der Waals surface area contributed by atoms with E-state index in [9.17, 15) is 0 Å². The molecule has 3 aliphatic rings. The molecule has 0 aliphatic carbocycles. The van der Waals surface area contributed by atoms with Crippen molar-refractivity contribution in [2.75, 3.05) is 31.1 Å². The number of aliphatic imine (C=N–C) groups is 2. The average molecular weight is 505 g/mol. The number of nitrogens with zero attached hydrogens (tertiary/aromatic N) is 8. The van der Waals surface area contributed by atoms with E-state index in [-0.39, 0.29) is 17.6 Å². The van der Waals surface area contributed by atoms with Crippen LogP contribution in [0.2, 0.25) is 0 Å². The Hall–Kier alpha value is -3.64. The predicted octanol–water partition coefficient (Wildman–Crippen LogP) is 3.15. The number of anilines is 2. The van der Waals surface area contributed by atoms with Crippen molar-refractivity contribution in [1.29, 1.82) is 0 Å². The van der Waals surface area contributed by atoms with Gasteiger partial charge in [0.2, 0.25) is 12.2 Å². The molecule has 2 atom stereocenters. The molecule has 0 amide bonds. The average Bonchev–Trinajstić information content (AvgIpc) is 3.66. The number of nitrogens with one attached hydrogen (secondary N) is 1. The zero-order valence-corrected chi connectivity index (χ0v) is 21.2. The second-order valence-electron chi connectivity index (χ2n) is 10.1. The Balaban J connectivity index is 1.23. The van der Waals surface area contributed by atoms with Gasteiger partial charge in [-0.05, 0) is 58.4 Å². The van der Waals surface area contributed by atoms with E-state index in [2.05, 4.69) is 48.8 Å². The van der Waals surface area contributed by atoms with Crippen LogP contribution in [0, 0.1) is 5.41 Å². The third-order valence-corrected chi connectivity index (χ3v) is 8.08. The zero-order chi connectivity index (χ0) is 25.6. The number of likely N-dealkylation sites (tertiary alicyclic amines) is 1. The Kier molecular flexibility index (Phi) is 6.00. The topological polar surface area (TPSA) is 147 Å². The largest absolute Gasteiger partial charge is 0.376 e. The van der Waals surface area contributed by atoms with Gasteiger partial charge in [-0.15, -0.1) is 0 Å².